The summed E-state index contributed by atoms with van der Waals surface area (Å²) in [7, 11) is 0. The van der Waals surface area contributed by atoms with Crippen LogP contribution in [0.5, 0.6) is 5.75 Å². The number of carbonyl (C=O) groups excluding carboxylic acids is 1. The summed E-state index contributed by atoms with van der Waals surface area (Å²) in [5.41, 5.74) is -0.494. The van der Waals surface area contributed by atoms with Crippen molar-refractivity contribution < 1.29 is 18.3 Å². The number of anilines is 1. The smallest absolute Gasteiger partial charge is 0.211 e. The van der Waals surface area contributed by atoms with Crippen molar-refractivity contribution in [1.82, 2.24) is 0 Å². The van der Waals surface area contributed by atoms with Crippen LogP contribution in [0.3, 0.4) is 0 Å². The summed E-state index contributed by atoms with van der Waals surface area (Å²) < 4.78 is 31.1. The fourth-order valence-corrected chi connectivity index (χ4v) is 0.992. The van der Waals surface area contributed by atoms with Crippen LogP contribution in [0.25, 0.3) is 0 Å². The highest BCUT2D eigenvalue weighted by atomic mass is 19.1. The average Bonchev–Trinajstić information content (AvgIpc) is 2.17. The first-order valence-corrected chi connectivity index (χ1v) is 4.01. The number of carbonyl (C=O) groups is 1. The molecular formula is C9H9F2NO2. The summed E-state index contributed by atoms with van der Waals surface area (Å²) in [6.45, 7) is 1.94. The van der Waals surface area contributed by atoms with Crippen LogP contribution in [0.2, 0.25) is 0 Å². The summed E-state index contributed by atoms with van der Waals surface area (Å²) in [5.74, 6) is -1.82. The molecule has 0 heterocycles. The minimum Gasteiger partial charge on any atom is -0.491 e. The maximum Gasteiger partial charge on any atom is 0.211 e. The Morgan fingerprint density at radius 2 is 2.21 bits per heavy atom. The van der Waals surface area contributed by atoms with E-state index in [4.69, 9.17) is 4.74 Å². The van der Waals surface area contributed by atoms with E-state index in [0.29, 0.717) is 0 Å². The third kappa shape index (κ3) is 1.99. The molecule has 1 amide bonds. The van der Waals surface area contributed by atoms with E-state index in [2.05, 4.69) is 0 Å². The van der Waals surface area contributed by atoms with E-state index in [-0.39, 0.29) is 18.8 Å². The van der Waals surface area contributed by atoms with E-state index in [1.165, 1.54) is 6.07 Å². The van der Waals surface area contributed by atoms with Gasteiger partial charge < -0.3 is 10.1 Å². The molecule has 0 aliphatic rings. The van der Waals surface area contributed by atoms with Crippen LogP contribution in [0.15, 0.2) is 12.1 Å². The lowest BCUT2D eigenvalue weighted by molar-refractivity contribution is -0.105. The lowest BCUT2D eigenvalue weighted by Crippen LogP contribution is -2.03. The van der Waals surface area contributed by atoms with Crippen molar-refractivity contribution >= 4 is 12.1 Å². The molecule has 3 nitrogen and oxygen atoms in total. The fourth-order valence-electron chi connectivity index (χ4n) is 0.992. The van der Waals surface area contributed by atoms with Gasteiger partial charge in [-0.2, -0.15) is 0 Å². The Morgan fingerprint density at radius 1 is 1.50 bits per heavy atom. The van der Waals surface area contributed by atoms with Gasteiger partial charge in [0.2, 0.25) is 6.41 Å². The van der Waals surface area contributed by atoms with Gasteiger partial charge in [-0.15, -0.1) is 0 Å². The molecule has 5 heteroatoms. The van der Waals surface area contributed by atoms with Gasteiger partial charge in [0.05, 0.1) is 6.61 Å². The van der Waals surface area contributed by atoms with Crippen molar-refractivity contribution in [2.75, 3.05) is 11.9 Å². The van der Waals surface area contributed by atoms with Gasteiger partial charge in [0.1, 0.15) is 11.5 Å². The van der Waals surface area contributed by atoms with Gasteiger partial charge in [-0.1, -0.05) is 0 Å². The van der Waals surface area contributed by atoms with E-state index in [0.717, 1.165) is 6.07 Å². The van der Waals surface area contributed by atoms with E-state index >= 15 is 0 Å². The van der Waals surface area contributed by atoms with E-state index in [1.54, 1.807) is 6.92 Å². The lowest BCUT2D eigenvalue weighted by Gasteiger charge is -2.08. The number of amides is 1. The summed E-state index contributed by atoms with van der Waals surface area (Å²) in [5, 5.41) is 1.93. The quantitative estimate of drug-likeness (QED) is 0.756. The van der Waals surface area contributed by atoms with Crippen molar-refractivity contribution in [2.45, 2.75) is 6.92 Å². The Morgan fingerprint density at radius 3 is 2.79 bits per heavy atom. The number of rotatable bonds is 4. The van der Waals surface area contributed by atoms with E-state index in [9.17, 15) is 13.6 Å². The predicted octanol–water partition coefficient (Wildman–Crippen LogP) is 1.93. The molecule has 0 bridgehead atoms. The molecule has 76 valence electrons. The standard InChI is InChI=1S/C9H9F2NO2/c1-2-14-7-4-3-6(10)9(8(7)11)12-5-13/h3-5H,2H2,1H3,(H,12,13). The zero-order valence-electron chi connectivity index (χ0n) is 7.51. The molecule has 0 fully saturated rings. The molecule has 0 atom stereocenters. The molecule has 0 saturated heterocycles. The van der Waals surface area contributed by atoms with Crippen LogP contribution < -0.4 is 10.1 Å². The van der Waals surface area contributed by atoms with Crippen molar-refractivity contribution in [1.29, 1.82) is 0 Å². The van der Waals surface area contributed by atoms with Crippen molar-refractivity contribution in [3.05, 3.63) is 23.8 Å². The second-order valence-corrected chi connectivity index (χ2v) is 2.43. The number of ether oxygens (including phenoxy) is 1. The highest BCUT2D eigenvalue weighted by Gasteiger charge is 2.13. The second kappa shape index (κ2) is 4.55. The van der Waals surface area contributed by atoms with Crippen molar-refractivity contribution in [2.24, 2.45) is 0 Å². The first kappa shape index (κ1) is 10.4. The summed E-state index contributed by atoms with van der Waals surface area (Å²) in [6.07, 6.45) is 0.206. The minimum atomic E-state index is -0.904. The van der Waals surface area contributed by atoms with Crippen molar-refractivity contribution in [3.8, 4) is 5.75 Å². The number of benzene rings is 1. The fraction of sp³-hybridized carbons (Fsp3) is 0.222. The molecule has 1 N–H and O–H groups in total. The zero-order chi connectivity index (χ0) is 10.6. The zero-order valence-corrected chi connectivity index (χ0v) is 7.51. The Hall–Kier alpha value is -1.65. The molecule has 1 rings (SSSR count). The SMILES string of the molecule is CCOc1ccc(F)c(NC=O)c1F. The lowest BCUT2D eigenvalue weighted by atomic mass is 10.2. The number of halogens is 2. The Labute approximate surface area is 79.7 Å². The second-order valence-electron chi connectivity index (χ2n) is 2.43. The van der Waals surface area contributed by atoms with Gasteiger partial charge in [-0.05, 0) is 19.1 Å². The van der Waals surface area contributed by atoms with E-state index in [1.807, 2.05) is 5.32 Å². The molecular weight excluding hydrogens is 192 g/mol. The average molecular weight is 201 g/mol. The Bertz CT molecular complexity index is 342. The van der Waals surface area contributed by atoms with Crippen LogP contribution in [0, 0.1) is 11.6 Å². The molecule has 1 aromatic rings. The Kier molecular flexibility index (Phi) is 3.39. The molecule has 0 unspecified atom stereocenters. The highest BCUT2D eigenvalue weighted by Crippen LogP contribution is 2.26. The number of nitrogens with one attached hydrogen (secondary N) is 1. The van der Waals surface area contributed by atoms with Gasteiger partial charge in [-0.25, -0.2) is 8.78 Å². The van der Waals surface area contributed by atoms with Gasteiger partial charge in [0.25, 0.3) is 0 Å². The van der Waals surface area contributed by atoms with Gasteiger partial charge in [0, 0.05) is 0 Å². The molecule has 0 aliphatic heterocycles. The number of hydrogen-bond acceptors (Lipinski definition) is 2. The predicted molar refractivity (Wildman–Crippen MR) is 47.2 cm³/mol. The molecule has 0 aromatic heterocycles. The topological polar surface area (TPSA) is 38.3 Å². The molecule has 1 aromatic carbocycles. The van der Waals surface area contributed by atoms with E-state index < -0.39 is 17.3 Å². The van der Waals surface area contributed by atoms with Crippen LogP contribution >= 0.6 is 0 Å². The summed E-state index contributed by atoms with van der Waals surface area (Å²) >= 11 is 0. The maximum atomic E-state index is 13.3. The van der Waals surface area contributed by atoms with Gasteiger partial charge in [0.15, 0.2) is 11.6 Å². The Balaban J connectivity index is 3.11. The number of hydrogen-bond donors (Lipinski definition) is 1. The van der Waals surface area contributed by atoms with Crippen LogP contribution in [-0.4, -0.2) is 13.0 Å². The summed E-state index contributed by atoms with van der Waals surface area (Å²) in [4.78, 5) is 10.1. The largest absolute Gasteiger partial charge is 0.491 e. The third-order valence-corrected chi connectivity index (χ3v) is 1.56. The molecule has 0 spiro atoms. The van der Waals surface area contributed by atoms with Gasteiger partial charge >= 0.3 is 0 Å². The van der Waals surface area contributed by atoms with Crippen molar-refractivity contribution in [3.63, 3.8) is 0 Å². The highest BCUT2D eigenvalue weighted by molar-refractivity contribution is 5.72. The molecule has 0 saturated carbocycles. The molecule has 0 aliphatic carbocycles. The minimum absolute atomic E-state index is 0.0850. The van der Waals surface area contributed by atoms with Crippen LogP contribution in [0.4, 0.5) is 14.5 Å². The van der Waals surface area contributed by atoms with Crippen LogP contribution in [-0.2, 0) is 4.79 Å². The normalized spacial score (nSPS) is 9.64. The van der Waals surface area contributed by atoms with Gasteiger partial charge in [-0.3, -0.25) is 4.79 Å². The maximum absolute atomic E-state index is 13.3. The first-order valence-electron chi connectivity index (χ1n) is 4.01. The first-order chi connectivity index (χ1) is 6.70. The third-order valence-electron chi connectivity index (χ3n) is 1.56. The monoisotopic (exact) mass is 201 g/mol. The summed E-state index contributed by atoms with van der Waals surface area (Å²) in [6, 6.07) is 2.20. The van der Waals surface area contributed by atoms with Crippen LogP contribution in [0.1, 0.15) is 6.92 Å². The molecule has 0 radical (unpaired) electrons. The molecule has 14 heavy (non-hydrogen) atoms.